The van der Waals surface area contributed by atoms with Crippen LogP contribution in [0.5, 0.6) is 0 Å². The lowest BCUT2D eigenvalue weighted by Gasteiger charge is -2.21. The van der Waals surface area contributed by atoms with Gasteiger partial charge in [-0.05, 0) is 39.0 Å². The van der Waals surface area contributed by atoms with Crippen LogP contribution in [0.25, 0.3) is 33.1 Å². The number of rotatable bonds is 2. The van der Waals surface area contributed by atoms with Gasteiger partial charge in [0.25, 0.3) is 0 Å². The highest BCUT2D eigenvalue weighted by atomic mass is 16.6. The Morgan fingerprint density at radius 3 is 2.37 bits per heavy atom. The van der Waals surface area contributed by atoms with E-state index in [2.05, 4.69) is 0 Å². The number of carbonyl (C=O) groups excluding carboxylic acids is 2. The van der Waals surface area contributed by atoms with Crippen molar-refractivity contribution in [3.63, 3.8) is 0 Å². The Labute approximate surface area is 156 Å². The third-order valence-electron chi connectivity index (χ3n) is 4.42. The van der Waals surface area contributed by atoms with Crippen LogP contribution in [-0.2, 0) is 9.53 Å². The lowest BCUT2D eigenvalue weighted by molar-refractivity contribution is 0.0547. The van der Waals surface area contributed by atoms with E-state index in [-0.39, 0.29) is 0 Å². The molecule has 0 unspecified atom stereocenters. The fourth-order valence-electron chi connectivity index (χ4n) is 3.35. The summed E-state index contributed by atoms with van der Waals surface area (Å²) in [6, 6.07) is 17.3. The zero-order valence-corrected chi connectivity index (χ0v) is 15.5. The fraction of sp³-hybridized carbons (Fsp3) is 0.182. The van der Waals surface area contributed by atoms with Crippen molar-refractivity contribution in [1.82, 2.24) is 9.13 Å². The normalized spacial score (nSPS) is 11.8. The summed E-state index contributed by atoms with van der Waals surface area (Å²) >= 11 is 0. The molecule has 5 heteroatoms. The first-order chi connectivity index (χ1) is 12.9. The van der Waals surface area contributed by atoms with Gasteiger partial charge in [-0.15, -0.1) is 0 Å². The van der Waals surface area contributed by atoms with Gasteiger partial charge in [-0.25, -0.2) is 9.36 Å². The molecule has 2 heterocycles. The molecule has 136 valence electrons. The summed E-state index contributed by atoms with van der Waals surface area (Å²) in [4.78, 5) is 24.5. The first kappa shape index (κ1) is 17.1. The minimum atomic E-state index is -0.615. The average Bonchev–Trinajstić information content (AvgIpc) is 3.18. The van der Waals surface area contributed by atoms with Crippen molar-refractivity contribution < 1.29 is 14.3 Å². The molecule has 2 aromatic carbocycles. The van der Waals surface area contributed by atoms with Crippen LogP contribution < -0.4 is 0 Å². The van der Waals surface area contributed by atoms with Crippen LogP contribution in [0, 0.1) is 0 Å². The number of hydrogen-bond acceptors (Lipinski definition) is 3. The number of nitrogens with zero attached hydrogens (tertiary/aromatic N) is 2. The number of aromatic nitrogens is 2. The summed E-state index contributed by atoms with van der Waals surface area (Å²) in [5.41, 5.74) is 2.45. The van der Waals surface area contributed by atoms with Gasteiger partial charge in [0, 0.05) is 22.5 Å². The number of ether oxygens (including phenoxy) is 1. The van der Waals surface area contributed by atoms with Crippen molar-refractivity contribution >= 4 is 34.3 Å². The van der Waals surface area contributed by atoms with Crippen LogP contribution in [0.1, 0.15) is 20.8 Å². The van der Waals surface area contributed by atoms with Crippen LogP contribution in [-0.4, -0.2) is 27.2 Å². The number of benzene rings is 2. The summed E-state index contributed by atoms with van der Waals surface area (Å²) in [6.07, 6.45) is 2.08. The number of para-hydroxylation sites is 2. The Bertz CT molecular complexity index is 1180. The van der Waals surface area contributed by atoms with Crippen LogP contribution in [0.3, 0.4) is 0 Å². The summed E-state index contributed by atoms with van der Waals surface area (Å²) in [6.45, 7) is 5.53. The zero-order chi connectivity index (χ0) is 19.2. The summed E-state index contributed by atoms with van der Waals surface area (Å²) in [5, 5.41) is 1.83. The van der Waals surface area contributed by atoms with Crippen molar-refractivity contribution in [2.75, 3.05) is 0 Å². The Balaban J connectivity index is 2.02. The summed E-state index contributed by atoms with van der Waals surface area (Å²) in [7, 11) is 0. The first-order valence-electron chi connectivity index (χ1n) is 8.78. The van der Waals surface area contributed by atoms with Crippen LogP contribution >= 0.6 is 0 Å². The van der Waals surface area contributed by atoms with Gasteiger partial charge in [-0.1, -0.05) is 36.4 Å². The van der Waals surface area contributed by atoms with Gasteiger partial charge in [-0.3, -0.25) is 9.36 Å². The maximum atomic E-state index is 13.0. The van der Waals surface area contributed by atoms with E-state index in [1.54, 1.807) is 10.8 Å². The van der Waals surface area contributed by atoms with Crippen LogP contribution in [0.15, 0.2) is 60.8 Å². The van der Waals surface area contributed by atoms with E-state index in [1.165, 1.54) is 4.57 Å². The van der Waals surface area contributed by atoms with E-state index in [9.17, 15) is 9.59 Å². The average molecular weight is 360 g/mol. The molecule has 0 fully saturated rings. The molecule has 0 saturated carbocycles. The predicted molar refractivity (Wildman–Crippen MR) is 107 cm³/mol. The highest BCUT2D eigenvalue weighted by molar-refractivity contribution is 6.04. The molecule has 0 aliphatic heterocycles. The van der Waals surface area contributed by atoms with Crippen molar-refractivity contribution in [2.45, 2.75) is 26.4 Å². The van der Waals surface area contributed by atoms with Gasteiger partial charge in [-0.2, -0.15) is 0 Å². The second-order valence-corrected chi connectivity index (χ2v) is 7.48. The molecule has 5 nitrogen and oxygen atoms in total. The largest absolute Gasteiger partial charge is 0.443 e. The summed E-state index contributed by atoms with van der Waals surface area (Å²) < 4.78 is 8.76. The van der Waals surface area contributed by atoms with Crippen molar-refractivity contribution in [3.05, 3.63) is 60.8 Å². The van der Waals surface area contributed by atoms with Crippen molar-refractivity contribution in [2.24, 2.45) is 0 Å². The van der Waals surface area contributed by atoms with E-state index in [0.29, 0.717) is 5.69 Å². The maximum absolute atomic E-state index is 13.0. The Morgan fingerprint density at radius 1 is 1.00 bits per heavy atom. The van der Waals surface area contributed by atoms with Gasteiger partial charge < -0.3 is 4.74 Å². The Kier molecular flexibility index (Phi) is 3.88. The minimum absolute atomic E-state index is 0.443. The molecular weight excluding hydrogens is 340 g/mol. The topological polar surface area (TPSA) is 53.2 Å². The maximum Gasteiger partial charge on any atom is 0.419 e. The van der Waals surface area contributed by atoms with Gasteiger partial charge in [0.15, 0.2) is 0 Å². The van der Waals surface area contributed by atoms with E-state index in [4.69, 9.17) is 4.74 Å². The molecular formula is C22H20N2O3. The van der Waals surface area contributed by atoms with Crippen LogP contribution in [0.4, 0.5) is 4.79 Å². The molecule has 0 atom stereocenters. The molecule has 0 saturated heterocycles. The SMILES string of the molecule is CC(C)(C)OC(=O)n1c(-c2cn(C=O)c3ccccc23)cc2ccccc21. The molecule has 0 spiro atoms. The molecule has 0 amide bonds. The van der Waals surface area contributed by atoms with E-state index >= 15 is 0 Å². The van der Waals surface area contributed by atoms with Gasteiger partial charge in [0.2, 0.25) is 6.41 Å². The first-order valence-corrected chi connectivity index (χ1v) is 8.78. The minimum Gasteiger partial charge on any atom is -0.443 e. The second-order valence-electron chi connectivity index (χ2n) is 7.48. The summed E-state index contributed by atoms with van der Waals surface area (Å²) in [5.74, 6) is 0. The molecule has 0 radical (unpaired) electrons. The standard InChI is InChI=1S/C22H20N2O3/c1-22(2,3)27-21(26)24-18-10-6-4-8-15(18)12-20(24)17-13-23(14-25)19-11-7-5-9-16(17)19/h4-14H,1-3H3. The van der Waals surface area contributed by atoms with Crippen molar-refractivity contribution in [1.29, 1.82) is 0 Å². The molecule has 0 N–H and O–H groups in total. The third-order valence-corrected chi connectivity index (χ3v) is 4.42. The van der Waals surface area contributed by atoms with Gasteiger partial charge in [0.1, 0.15) is 5.60 Å². The predicted octanol–water partition coefficient (Wildman–Crippen LogP) is 5.08. The number of carbonyl (C=O) groups is 2. The number of hydrogen-bond donors (Lipinski definition) is 0. The van der Waals surface area contributed by atoms with Gasteiger partial charge in [0.05, 0.1) is 16.7 Å². The number of fused-ring (bicyclic) bond motifs is 2. The molecule has 0 aliphatic rings. The Hall–Kier alpha value is -3.34. The van der Waals surface area contributed by atoms with E-state index in [0.717, 1.165) is 33.8 Å². The molecule has 4 aromatic rings. The van der Waals surface area contributed by atoms with Gasteiger partial charge >= 0.3 is 6.09 Å². The smallest absolute Gasteiger partial charge is 0.419 e. The highest BCUT2D eigenvalue weighted by Gasteiger charge is 2.24. The Morgan fingerprint density at radius 2 is 1.67 bits per heavy atom. The molecule has 4 rings (SSSR count). The molecule has 0 aliphatic carbocycles. The lowest BCUT2D eigenvalue weighted by Crippen LogP contribution is -2.27. The molecule has 27 heavy (non-hydrogen) atoms. The fourth-order valence-corrected chi connectivity index (χ4v) is 3.35. The highest BCUT2D eigenvalue weighted by Crippen LogP contribution is 2.34. The van der Waals surface area contributed by atoms with E-state index < -0.39 is 11.7 Å². The lowest BCUT2D eigenvalue weighted by atomic mass is 10.1. The quantitative estimate of drug-likeness (QED) is 0.468. The second kappa shape index (κ2) is 6.13. The van der Waals surface area contributed by atoms with Crippen LogP contribution in [0.2, 0.25) is 0 Å². The van der Waals surface area contributed by atoms with E-state index in [1.807, 2.05) is 75.4 Å². The van der Waals surface area contributed by atoms with Crippen molar-refractivity contribution in [3.8, 4) is 11.3 Å². The zero-order valence-electron chi connectivity index (χ0n) is 15.5. The molecule has 2 aromatic heterocycles. The molecule has 0 bridgehead atoms. The monoisotopic (exact) mass is 360 g/mol. The third kappa shape index (κ3) is 2.91.